The van der Waals surface area contributed by atoms with Crippen LogP contribution in [-0.4, -0.2) is 16.5 Å². The lowest BCUT2D eigenvalue weighted by Crippen LogP contribution is -2.22. The number of fused-ring (bicyclic) bond motifs is 1. The average Bonchev–Trinajstić information content (AvgIpc) is 2.87. The maximum atomic E-state index is 12.0. The van der Waals surface area contributed by atoms with E-state index in [-0.39, 0.29) is 5.43 Å². The topological polar surface area (TPSA) is 25.2 Å². The fourth-order valence-corrected chi connectivity index (χ4v) is 4.29. The van der Waals surface area contributed by atoms with Gasteiger partial charge in [0.25, 0.3) is 0 Å². The maximum absolute atomic E-state index is 12.0. The van der Waals surface area contributed by atoms with Gasteiger partial charge in [0, 0.05) is 28.7 Å². The molecule has 0 aliphatic heterocycles. The van der Waals surface area contributed by atoms with E-state index in [1.807, 2.05) is 24.4 Å². The molecule has 3 aromatic rings. The second-order valence-corrected chi connectivity index (χ2v) is 8.35. The Bertz CT molecular complexity index is 872. The molecule has 0 aliphatic rings. The van der Waals surface area contributed by atoms with Gasteiger partial charge in [-0.3, -0.25) is 9.69 Å². The van der Waals surface area contributed by atoms with Crippen molar-refractivity contribution in [2.45, 2.75) is 13.2 Å². The molecule has 3 rings (SSSR count). The lowest BCUT2D eigenvalue weighted by atomic mass is 10.2. The van der Waals surface area contributed by atoms with E-state index in [0.717, 1.165) is 25.7 Å². The Balaban J connectivity index is 1.90. The molecule has 0 saturated heterocycles. The lowest BCUT2D eigenvalue weighted by Gasteiger charge is -2.20. The summed E-state index contributed by atoms with van der Waals surface area (Å²) in [6.07, 6.45) is 1.86. The smallest absolute Gasteiger partial charge is 0.189 e. The van der Waals surface area contributed by atoms with Crippen LogP contribution in [0.4, 0.5) is 0 Å². The number of pyridine rings is 1. The number of rotatable bonds is 4. The van der Waals surface area contributed by atoms with Gasteiger partial charge in [0.05, 0.1) is 16.0 Å². The van der Waals surface area contributed by atoms with Crippen LogP contribution >= 0.6 is 43.2 Å². The number of nitrogens with zero attached hydrogens (tertiary/aromatic N) is 2. The van der Waals surface area contributed by atoms with Crippen molar-refractivity contribution in [3.63, 3.8) is 0 Å². The zero-order valence-electron chi connectivity index (χ0n) is 11.9. The van der Waals surface area contributed by atoms with Crippen LogP contribution in [0.15, 0.2) is 55.0 Å². The highest BCUT2D eigenvalue weighted by Crippen LogP contribution is 2.23. The van der Waals surface area contributed by atoms with E-state index in [1.54, 1.807) is 17.4 Å². The Morgan fingerprint density at radius 2 is 2.09 bits per heavy atom. The molecule has 1 aromatic carbocycles. The Morgan fingerprint density at radius 1 is 1.27 bits per heavy atom. The number of benzene rings is 1. The third-order valence-corrected chi connectivity index (χ3v) is 5.61. The largest absolute Gasteiger partial charge is 0.333 e. The van der Waals surface area contributed by atoms with Gasteiger partial charge < -0.3 is 4.57 Å². The summed E-state index contributed by atoms with van der Waals surface area (Å²) in [5, 5.41) is 2.89. The van der Waals surface area contributed by atoms with Gasteiger partial charge >= 0.3 is 0 Å². The standard InChI is InChI=1S/C16H14Br2N2OS/c1-19(8-11-7-15(18)22-9-11)10-20-6-5-14(21)12-3-2-4-13(17)16(12)20/h2-7,9H,8,10H2,1H3. The third-order valence-electron chi connectivity index (χ3n) is 3.41. The van der Waals surface area contributed by atoms with E-state index in [0.29, 0.717) is 6.67 Å². The van der Waals surface area contributed by atoms with Crippen molar-refractivity contribution in [2.75, 3.05) is 7.05 Å². The molecule has 0 amide bonds. The van der Waals surface area contributed by atoms with Crippen LogP contribution in [0.2, 0.25) is 0 Å². The number of hydrogen-bond acceptors (Lipinski definition) is 3. The van der Waals surface area contributed by atoms with Crippen molar-refractivity contribution in [1.82, 2.24) is 9.47 Å². The Kier molecular flexibility index (Phi) is 4.82. The zero-order chi connectivity index (χ0) is 15.7. The summed E-state index contributed by atoms with van der Waals surface area (Å²) in [5.74, 6) is 0. The van der Waals surface area contributed by atoms with Crippen LogP contribution in [0.1, 0.15) is 5.56 Å². The second kappa shape index (κ2) is 6.66. The first kappa shape index (κ1) is 15.9. The van der Waals surface area contributed by atoms with E-state index in [1.165, 1.54) is 5.56 Å². The minimum Gasteiger partial charge on any atom is -0.333 e. The lowest BCUT2D eigenvalue weighted by molar-refractivity contribution is 0.264. The monoisotopic (exact) mass is 440 g/mol. The van der Waals surface area contributed by atoms with E-state index >= 15 is 0 Å². The van der Waals surface area contributed by atoms with Crippen molar-refractivity contribution in [2.24, 2.45) is 0 Å². The minimum absolute atomic E-state index is 0.0527. The number of thiophene rings is 1. The SMILES string of the molecule is CN(Cc1csc(Br)c1)Cn1ccc(=O)c2cccc(Br)c21. The molecule has 0 saturated carbocycles. The normalized spacial score (nSPS) is 11.5. The molecule has 3 nitrogen and oxygen atoms in total. The first-order chi connectivity index (χ1) is 10.5. The molecule has 0 spiro atoms. The summed E-state index contributed by atoms with van der Waals surface area (Å²) >= 11 is 8.75. The van der Waals surface area contributed by atoms with E-state index in [9.17, 15) is 4.79 Å². The van der Waals surface area contributed by atoms with Crippen LogP contribution in [0, 0.1) is 0 Å². The number of aromatic nitrogens is 1. The summed E-state index contributed by atoms with van der Waals surface area (Å²) in [6.45, 7) is 1.58. The van der Waals surface area contributed by atoms with Gasteiger partial charge in [-0.25, -0.2) is 0 Å². The Morgan fingerprint density at radius 3 is 2.82 bits per heavy atom. The molecule has 2 heterocycles. The fourth-order valence-electron chi connectivity index (χ4n) is 2.50. The van der Waals surface area contributed by atoms with Crippen LogP contribution in [0.3, 0.4) is 0 Å². The quantitative estimate of drug-likeness (QED) is 0.587. The predicted molar refractivity (Wildman–Crippen MR) is 99.4 cm³/mol. The molecular weight excluding hydrogens is 428 g/mol. The molecule has 0 unspecified atom stereocenters. The van der Waals surface area contributed by atoms with Crippen molar-refractivity contribution in [3.05, 3.63) is 66.0 Å². The highest BCUT2D eigenvalue weighted by atomic mass is 79.9. The summed E-state index contributed by atoms with van der Waals surface area (Å²) in [5.41, 5.74) is 2.27. The highest BCUT2D eigenvalue weighted by Gasteiger charge is 2.09. The zero-order valence-corrected chi connectivity index (χ0v) is 15.9. The maximum Gasteiger partial charge on any atom is 0.189 e. The molecular formula is C16H14Br2N2OS. The van der Waals surface area contributed by atoms with Crippen LogP contribution in [-0.2, 0) is 13.2 Å². The molecule has 6 heteroatoms. The summed E-state index contributed by atoms with van der Waals surface area (Å²) < 4.78 is 4.18. The van der Waals surface area contributed by atoms with Gasteiger partial charge in [-0.15, -0.1) is 11.3 Å². The van der Waals surface area contributed by atoms with Crippen LogP contribution in [0.25, 0.3) is 10.9 Å². The van der Waals surface area contributed by atoms with Crippen molar-refractivity contribution in [3.8, 4) is 0 Å². The van der Waals surface area contributed by atoms with Crippen LogP contribution < -0.4 is 5.43 Å². The Labute approximate surface area is 149 Å². The van der Waals surface area contributed by atoms with Gasteiger partial charge in [-0.1, -0.05) is 6.07 Å². The highest BCUT2D eigenvalue weighted by molar-refractivity contribution is 9.11. The third kappa shape index (κ3) is 3.35. The van der Waals surface area contributed by atoms with E-state index < -0.39 is 0 Å². The first-order valence-electron chi connectivity index (χ1n) is 6.74. The molecule has 0 radical (unpaired) electrons. The van der Waals surface area contributed by atoms with Crippen molar-refractivity contribution in [1.29, 1.82) is 0 Å². The predicted octanol–water partition coefficient (Wildman–Crippen LogP) is 4.68. The van der Waals surface area contributed by atoms with Crippen molar-refractivity contribution < 1.29 is 0 Å². The molecule has 0 aliphatic carbocycles. The summed E-state index contributed by atoms with van der Waals surface area (Å²) in [7, 11) is 2.08. The number of para-hydroxylation sites is 1. The molecule has 0 fully saturated rings. The van der Waals surface area contributed by atoms with Gasteiger partial charge in [0.2, 0.25) is 0 Å². The number of halogens is 2. The molecule has 22 heavy (non-hydrogen) atoms. The number of hydrogen-bond donors (Lipinski definition) is 0. The molecule has 0 N–H and O–H groups in total. The minimum atomic E-state index is 0.0527. The summed E-state index contributed by atoms with van der Waals surface area (Å²) in [6, 6.07) is 9.50. The van der Waals surface area contributed by atoms with E-state index in [2.05, 4.69) is 59.8 Å². The van der Waals surface area contributed by atoms with Crippen molar-refractivity contribution >= 4 is 54.1 Å². The Hall–Kier alpha value is -0.950. The first-order valence-corrected chi connectivity index (χ1v) is 9.20. The van der Waals surface area contributed by atoms with Gasteiger partial charge in [-0.2, -0.15) is 0 Å². The van der Waals surface area contributed by atoms with Crippen LogP contribution in [0.5, 0.6) is 0 Å². The van der Waals surface area contributed by atoms with Gasteiger partial charge in [-0.05, 0) is 68.1 Å². The molecule has 114 valence electrons. The summed E-state index contributed by atoms with van der Waals surface area (Å²) in [4.78, 5) is 14.2. The molecule has 2 aromatic heterocycles. The molecule has 0 bridgehead atoms. The second-order valence-electron chi connectivity index (χ2n) is 5.20. The van der Waals surface area contributed by atoms with E-state index in [4.69, 9.17) is 0 Å². The average molecular weight is 442 g/mol. The van der Waals surface area contributed by atoms with Gasteiger partial charge in [0.1, 0.15) is 0 Å². The molecule has 0 atom stereocenters. The van der Waals surface area contributed by atoms with Gasteiger partial charge in [0.15, 0.2) is 5.43 Å². The fraction of sp³-hybridized carbons (Fsp3) is 0.188.